The largest absolute Gasteiger partial charge is 0.465 e. The van der Waals surface area contributed by atoms with Gasteiger partial charge in [0.15, 0.2) is 5.79 Å². The lowest BCUT2D eigenvalue weighted by Crippen LogP contribution is -2.47. The summed E-state index contributed by atoms with van der Waals surface area (Å²) < 4.78 is 44.3. The summed E-state index contributed by atoms with van der Waals surface area (Å²) >= 11 is 0. The Morgan fingerprint density at radius 2 is 1.90 bits per heavy atom. The first-order valence-electron chi connectivity index (χ1n) is 10.1. The molecule has 0 spiro atoms. The highest BCUT2D eigenvalue weighted by Gasteiger charge is 2.40. The molecule has 11 heteroatoms. The molecular formula is C20H28N4O6S. The van der Waals surface area contributed by atoms with Crippen LogP contribution in [0.25, 0.3) is 5.69 Å². The minimum Gasteiger partial charge on any atom is -0.465 e. The predicted molar refractivity (Wildman–Crippen MR) is 110 cm³/mol. The third kappa shape index (κ3) is 6.31. The molecule has 2 aromatic rings. The molecule has 2 heterocycles. The molecule has 3 rings (SSSR count). The van der Waals surface area contributed by atoms with E-state index in [9.17, 15) is 13.2 Å². The van der Waals surface area contributed by atoms with Crippen molar-refractivity contribution in [2.24, 2.45) is 5.92 Å². The van der Waals surface area contributed by atoms with Gasteiger partial charge in [0.1, 0.15) is 0 Å². The highest BCUT2D eigenvalue weighted by atomic mass is 32.2. The van der Waals surface area contributed by atoms with E-state index >= 15 is 0 Å². The van der Waals surface area contributed by atoms with Gasteiger partial charge < -0.3 is 14.2 Å². The number of carbonyl (C=O) groups is 1. The van der Waals surface area contributed by atoms with Crippen molar-refractivity contribution in [1.82, 2.24) is 20.2 Å². The van der Waals surface area contributed by atoms with Gasteiger partial charge in [0, 0.05) is 6.42 Å². The minimum absolute atomic E-state index is 0.0256. The Kier molecular flexibility index (Phi) is 7.07. The van der Waals surface area contributed by atoms with E-state index in [1.165, 1.54) is 4.68 Å². The number of rotatable bonds is 8. The van der Waals surface area contributed by atoms with Crippen molar-refractivity contribution in [1.29, 1.82) is 0 Å². The van der Waals surface area contributed by atoms with Crippen LogP contribution in [0.15, 0.2) is 35.5 Å². The maximum Gasteiger partial charge on any atom is 0.308 e. The van der Waals surface area contributed by atoms with Crippen LogP contribution in [-0.4, -0.2) is 64.9 Å². The Labute approximate surface area is 181 Å². The summed E-state index contributed by atoms with van der Waals surface area (Å²) in [5.41, 5.74) is 0.532. The molecule has 0 bridgehead atoms. The van der Waals surface area contributed by atoms with E-state index in [2.05, 4.69) is 15.5 Å². The fourth-order valence-electron chi connectivity index (χ4n) is 3.37. The van der Waals surface area contributed by atoms with E-state index in [4.69, 9.17) is 14.2 Å². The smallest absolute Gasteiger partial charge is 0.308 e. The number of hydrogen-bond acceptors (Lipinski definition) is 9. The van der Waals surface area contributed by atoms with Crippen molar-refractivity contribution in [3.05, 3.63) is 30.3 Å². The average Bonchev–Trinajstić information content (AvgIpc) is 3.16. The first kappa shape index (κ1) is 23.3. The minimum atomic E-state index is -3.89. The van der Waals surface area contributed by atoms with Gasteiger partial charge in [0.05, 0.1) is 36.7 Å². The van der Waals surface area contributed by atoms with Gasteiger partial charge in [0.2, 0.25) is 9.84 Å². The monoisotopic (exact) mass is 452 g/mol. The van der Waals surface area contributed by atoms with Crippen molar-refractivity contribution in [3.8, 4) is 5.69 Å². The van der Waals surface area contributed by atoms with E-state index in [0.29, 0.717) is 12.3 Å². The van der Waals surface area contributed by atoms with E-state index in [-0.39, 0.29) is 35.6 Å². The molecule has 1 saturated heterocycles. The van der Waals surface area contributed by atoms with E-state index < -0.39 is 27.8 Å². The molecule has 1 aromatic carbocycles. The van der Waals surface area contributed by atoms with Crippen LogP contribution in [-0.2, 0) is 28.8 Å². The number of benzene rings is 1. The fraction of sp³-hybridized carbons (Fsp3) is 0.600. The third-order valence-electron chi connectivity index (χ3n) is 4.52. The molecule has 0 unspecified atom stereocenters. The molecule has 2 atom stereocenters. The maximum atomic E-state index is 13.1. The number of aromatic nitrogens is 4. The first-order chi connectivity index (χ1) is 14.6. The fourth-order valence-corrected chi connectivity index (χ4v) is 4.78. The Bertz CT molecular complexity index is 990. The number of para-hydroxylation sites is 1. The highest BCUT2D eigenvalue weighted by Crippen LogP contribution is 2.30. The van der Waals surface area contributed by atoms with E-state index in [1.807, 2.05) is 19.9 Å². The SMILES string of the molecule is CC(C)COC(=O)C[C@H]1C[C@@H](CS(=O)(=O)c2nnnn2-c2ccccc2)OC(C)(C)O1. The standard InChI is InChI=1S/C20H28N4O6S/c1-14(2)12-28-18(25)11-16-10-17(30-20(3,4)29-16)13-31(26,27)19-21-22-23-24(19)15-8-6-5-7-9-15/h5-9,14,16-17H,10-13H2,1-4H3/t16-,17+/m1/s1. The van der Waals surface area contributed by atoms with Gasteiger partial charge in [-0.1, -0.05) is 37.1 Å². The van der Waals surface area contributed by atoms with E-state index in [1.54, 1.807) is 38.1 Å². The van der Waals surface area contributed by atoms with Crippen molar-refractivity contribution in [3.63, 3.8) is 0 Å². The number of ether oxygens (including phenoxy) is 3. The summed E-state index contributed by atoms with van der Waals surface area (Å²) in [6.07, 6.45) is -0.962. The molecule has 0 radical (unpaired) electrons. The van der Waals surface area contributed by atoms with Crippen LogP contribution in [0.3, 0.4) is 0 Å². The summed E-state index contributed by atoms with van der Waals surface area (Å²) in [6, 6.07) is 8.76. The van der Waals surface area contributed by atoms with Gasteiger partial charge in [-0.25, -0.2) is 8.42 Å². The molecular weight excluding hydrogens is 424 g/mol. The van der Waals surface area contributed by atoms with Gasteiger partial charge in [-0.2, -0.15) is 4.68 Å². The topological polar surface area (TPSA) is 123 Å². The van der Waals surface area contributed by atoms with Crippen LogP contribution >= 0.6 is 0 Å². The highest BCUT2D eigenvalue weighted by molar-refractivity contribution is 7.91. The van der Waals surface area contributed by atoms with Crippen molar-refractivity contribution in [2.75, 3.05) is 12.4 Å². The van der Waals surface area contributed by atoms with Crippen LogP contribution in [0, 0.1) is 5.92 Å². The van der Waals surface area contributed by atoms with Crippen LogP contribution in [0.2, 0.25) is 0 Å². The number of esters is 1. The molecule has 170 valence electrons. The van der Waals surface area contributed by atoms with Gasteiger partial charge in [-0.15, -0.1) is 0 Å². The Balaban J connectivity index is 1.72. The lowest BCUT2D eigenvalue weighted by Gasteiger charge is -2.40. The maximum absolute atomic E-state index is 13.1. The zero-order valence-corrected chi connectivity index (χ0v) is 18.9. The molecule has 0 N–H and O–H groups in total. The third-order valence-corrected chi connectivity index (χ3v) is 6.15. The van der Waals surface area contributed by atoms with Gasteiger partial charge in [-0.3, -0.25) is 4.79 Å². The molecule has 1 aliphatic rings. The number of nitrogens with zero attached hydrogens (tertiary/aromatic N) is 4. The number of sulfone groups is 1. The summed E-state index contributed by atoms with van der Waals surface area (Å²) in [5.74, 6) is -1.55. The molecule has 1 fully saturated rings. The van der Waals surface area contributed by atoms with Gasteiger partial charge in [-0.05, 0) is 42.3 Å². The van der Waals surface area contributed by atoms with Crippen molar-refractivity contribution >= 4 is 15.8 Å². The van der Waals surface area contributed by atoms with Crippen LogP contribution in [0.5, 0.6) is 0 Å². The number of hydrogen-bond donors (Lipinski definition) is 0. The summed E-state index contributed by atoms with van der Waals surface area (Å²) in [6.45, 7) is 7.60. The summed E-state index contributed by atoms with van der Waals surface area (Å²) in [7, 11) is -3.89. The Morgan fingerprint density at radius 3 is 2.58 bits per heavy atom. The quantitative estimate of drug-likeness (QED) is 0.553. The first-order valence-corrected chi connectivity index (χ1v) is 11.8. The van der Waals surface area contributed by atoms with Crippen LogP contribution < -0.4 is 0 Å². The predicted octanol–water partition coefficient (Wildman–Crippen LogP) is 1.94. The second kappa shape index (κ2) is 9.41. The summed E-state index contributed by atoms with van der Waals surface area (Å²) in [4.78, 5) is 12.1. The van der Waals surface area contributed by atoms with E-state index in [0.717, 1.165) is 0 Å². The normalized spacial score (nSPS) is 21.2. The summed E-state index contributed by atoms with van der Waals surface area (Å²) in [5, 5.41) is 10.8. The Hall–Kier alpha value is -2.37. The zero-order valence-electron chi connectivity index (χ0n) is 18.1. The molecule has 10 nitrogen and oxygen atoms in total. The lowest BCUT2D eigenvalue weighted by molar-refractivity contribution is -0.295. The number of carbonyl (C=O) groups excluding carboxylic acids is 1. The average molecular weight is 453 g/mol. The second-order valence-electron chi connectivity index (χ2n) is 8.39. The van der Waals surface area contributed by atoms with Gasteiger partial charge in [0.25, 0.3) is 5.16 Å². The molecule has 1 aliphatic heterocycles. The lowest BCUT2D eigenvalue weighted by atomic mass is 10.1. The van der Waals surface area contributed by atoms with Crippen molar-refractivity contribution in [2.45, 2.75) is 63.7 Å². The number of tetrazole rings is 1. The Morgan fingerprint density at radius 1 is 1.23 bits per heavy atom. The molecule has 0 aliphatic carbocycles. The molecule has 0 amide bonds. The second-order valence-corrected chi connectivity index (χ2v) is 10.3. The van der Waals surface area contributed by atoms with Gasteiger partial charge >= 0.3 is 5.97 Å². The van der Waals surface area contributed by atoms with Crippen LogP contribution in [0.1, 0.15) is 40.5 Å². The van der Waals surface area contributed by atoms with Crippen molar-refractivity contribution < 1.29 is 27.4 Å². The van der Waals surface area contributed by atoms with Crippen LogP contribution in [0.4, 0.5) is 0 Å². The molecule has 0 saturated carbocycles. The zero-order chi connectivity index (χ0) is 22.6. The molecule has 31 heavy (non-hydrogen) atoms. The molecule has 1 aromatic heterocycles.